The largest absolute Gasteiger partial charge is 0.473 e. The van der Waals surface area contributed by atoms with Crippen LogP contribution in [0.3, 0.4) is 0 Å². The summed E-state index contributed by atoms with van der Waals surface area (Å²) < 4.78 is 6.69. The predicted octanol–water partition coefficient (Wildman–Crippen LogP) is 5.31. The second-order valence-corrected chi connectivity index (χ2v) is 9.55. The number of benzene rings is 3. The summed E-state index contributed by atoms with van der Waals surface area (Å²) in [7, 11) is 0. The molecular weight excluding hydrogens is 478 g/mol. The van der Waals surface area contributed by atoms with E-state index in [0.717, 1.165) is 23.7 Å². The fourth-order valence-electron chi connectivity index (χ4n) is 5.38. The zero-order valence-electron chi connectivity index (χ0n) is 19.9. The highest BCUT2D eigenvalue weighted by Gasteiger charge is 2.47. The molecule has 7 heteroatoms. The molecule has 0 amide bonds. The number of halogens is 1. The Labute approximate surface area is 216 Å². The van der Waals surface area contributed by atoms with Crippen LogP contribution in [0.2, 0.25) is 5.02 Å². The Morgan fingerprint density at radius 2 is 1.33 bits per heavy atom. The van der Waals surface area contributed by atoms with Gasteiger partial charge in [0.15, 0.2) is 0 Å². The summed E-state index contributed by atoms with van der Waals surface area (Å²) in [5.41, 5.74) is 3.81. The van der Waals surface area contributed by atoms with Crippen LogP contribution in [-0.4, -0.2) is 52.3 Å². The fraction of sp³-hybridized carbons (Fsp3) is 0.310. The van der Waals surface area contributed by atoms with Crippen LogP contribution in [0.1, 0.15) is 35.4 Å². The first-order valence-corrected chi connectivity index (χ1v) is 12.5. The van der Waals surface area contributed by atoms with Gasteiger partial charge in [-0.15, -0.1) is 0 Å². The third kappa shape index (κ3) is 6.13. The molecule has 6 nitrogen and oxygen atoms in total. The maximum absolute atomic E-state index is 9.10. The average Bonchev–Trinajstić information content (AvgIpc) is 2.91. The van der Waals surface area contributed by atoms with E-state index >= 15 is 0 Å². The molecule has 36 heavy (non-hydrogen) atoms. The van der Waals surface area contributed by atoms with Gasteiger partial charge in [0.1, 0.15) is 0 Å². The Morgan fingerprint density at radius 3 is 1.83 bits per heavy atom. The van der Waals surface area contributed by atoms with Gasteiger partial charge in [-0.05, 0) is 54.6 Å². The van der Waals surface area contributed by atoms with Crippen molar-refractivity contribution in [1.82, 2.24) is 4.90 Å². The molecule has 0 aromatic heterocycles. The molecule has 0 saturated carbocycles. The molecule has 3 heterocycles. The van der Waals surface area contributed by atoms with E-state index in [1.807, 2.05) is 18.2 Å². The maximum Gasteiger partial charge on any atom is 0.414 e. The van der Waals surface area contributed by atoms with Crippen LogP contribution in [0.5, 0.6) is 0 Å². The number of carboxylic acid groups (broad SMARTS) is 2. The second kappa shape index (κ2) is 12.2. The molecule has 2 bridgehead atoms. The molecule has 0 radical (unpaired) electrons. The quantitative estimate of drug-likeness (QED) is 0.440. The lowest BCUT2D eigenvalue weighted by Gasteiger charge is -2.53. The second-order valence-electron chi connectivity index (χ2n) is 9.14. The SMILES string of the molecule is Clc1ccccc1COC1C2CCN(CC2)C1C(c1ccccc1)c1ccccc1.O=C(O)C(=O)O. The predicted molar refractivity (Wildman–Crippen MR) is 138 cm³/mol. The van der Waals surface area contributed by atoms with Crippen molar-refractivity contribution in [3.8, 4) is 0 Å². The van der Waals surface area contributed by atoms with Crippen molar-refractivity contribution < 1.29 is 24.5 Å². The molecule has 3 saturated heterocycles. The molecule has 6 rings (SSSR count). The molecule has 2 unspecified atom stereocenters. The minimum atomic E-state index is -1.82. The number of hydrogen-bond acceptors (Lipinski definition) is 4. The number of fused-ring (bicyclic) bond motifs is 3. The first kappa shape index (κ1) is 25.9. The third-order valence-electron chi connectivity index (χ3n) is 7.03. The molecular formula is C29H30ClNO5. The fourth-order valence-corrected chi connectivity index (χ4v) is 5.57. The van der Waals surface area contributed by atoms with Gasteiger partial charge >= 0.3 is 11.9 Å². The van der Waals surface area contributed by atoms with Gasteiger partial charge in [0.05, 0.1) is 12.7 Å². The van der Waals surface area contributed by atoms with Crippen molar-refractivity contribution in [3.05, 3.63) is 107 Å². The van der Waals surface area contributed by atoms with Gasteiger partial charge in [-0.25, -0.2) is 9.59 Å². The highest BCUT2D eigenvalue weighted by Crippen LogP contribution is 2.43. The van der Waals surface area contributed by atoms with Crippen LogP contribution in [0, 0.1) is 5.92 Å². The Morgan fingerprint density at radius 1 is 0.833 bits per heavy atom. The number of nitrogens with zero attached hydrogens (tertiary/aromatic N) is 1. The molecule has 2 N–H and O–H groups in total. The van der Waals surface area contributed by atoms with Crippen LogP contribution < -0.4 is 0 Å². The van der Waals surface area contributed by atoms with Gasteiger partial charge < -0.3 is 14.9 Å². The first-order valence-electron chi connectivity index (χ1n) is 12.1. The lowest BCUT2D eigenvalue weighted by atomic mass is 9.72. The van der Waals surface area contributed by atoms with E-state index in [1.54, 1.807) is 0 Å². The van der Waals surface area contributed by atoms with Crippen molar-refractivity contribution in [2.45, 2.75) is 37.5 Å². The minimum Gasteiger partial charge on any atom is -0.473 e. The smallest absolute Gasteiger partial charge is 0.414 e. The van der Waals surface area contributed by atoms with Crippen molar-refractivity contribution in [3.63, 3.8) is 0 Å². The number of carboxylic acids is 2. The Balaban J connectivity index is 0.000000455. The topological polar surface area (TPSA) is 87.1 Å². The number of piperidine rings is 3. The molecule has 3 fully saturated rings. The van der Waals surface area contributed by atoms with Gasteiger partial charge in [-0.2, -0.15) is 0 Å². The number of aliphatic carboxylic acids is 2. The monoisotopic (exact) mass is 507 g/mol. The summed E-state index contributed by atoms with van der Waals surface area (Å²) in [5.74, 6) is -2.74. The van der Waals surface area contributed by atoms with E-state index in [-0.39, 0.29) is 6.10 Å². The van der Waals surface area contributed by atoms with E-state index in [9.17, 15) is 0 Å². The molecule has 0 aliphatic carbocycles. The van der Waals surface area contributed by atoms with Crippen molar-refractivity contribution in [2.75, 3.05) is 13.1 Å². The highest BCUT2D eigenvalue weighted by molar-refractivity contribution is 6.31. The summed E-state index contributed by atoms with van der Waals surface area (Å²) in [5, 5.41) is 15.6. The Kier molecular flexibility index (Phi) is 8.75. The summed E-state index contributed by atoms with van der Waals surface area (Å²) in [6, 6.07) is 30.3. The number of rotatable bonds is 6. The van der Waals surface area contributed by atoms with E-state index in [4.69, 9.17) is 36.1 Å². The van der Waals surface area contributed by atoms with Crippen molar-refractivity contribution in [1.29, 1.82) is 0 Å². The third-order valence-corrected chi connectivity index (χ3v) is 7.40. The van der Waals surface area contributed by atoms with Crippen LogP contribution in [-0.2, 0) is 20.9 Å². The molecule has 3 aromatic rings. The Hall–Kier alpha value is -3.19. The van der Waals surface area contributed by atoms with E-state index in [2.05, 4.69) is 71.6 Å². The lowest BCUT2D eigenvalue weighted by Crippen LogP contribution is -2.60. The summed E-state index contributed by atoms with van der Waals surface area (Å²) in [4.78, 5) is 20.9. The Bertz CT molecular complexity index is 1100. The minimum absolute atomic E-state index is 0.203. The number of carbonyl (C=O) groups is 2. The van der Waals surface area contributed by atoms with Gasteiger partial charge in [-0.1, -0.05) is 90.5 Å². The van der Waals surface area contributed by atoms with Gasteiger partial charge in [-0.3, -0.25) is 4.90 Å². The molecule has 188 valence electrons. The van der Waals surface area contributed by atoms with Gasteiger partial charge in [0.2, 0.25) is 0 Å². The highest BCUT2D eigenvalue weighted by atomic mass is 35.5. The summed E-state index contributed by atoms with van der Waals surface area (Å²) >= 11 is 6.42. The van der Waals surface area contributed by atoms with Crippen molar-refractivity contribution >= 4 is 23.5 Å². The van der Waals surface area contributed by atoms with Crippen LogP contribution >= 0.6 is 11.6 Å². The molecule has 3 aliphatic heterocycles. The number of ether oxygens (including phenoxy) is 1. The van der Waals surface area contributed by atoms with E-state index < -0.39 is 11.9 Å². The molecule has 3 aliphatic rings. The van der Waals surface area contributed by atoms with Crippen molar-refractivity contribution in [2.24, 2.45) is 5.92 Å². The standard InChI is InChI=1S/C27H28ClNO.C2H2O4/c28-24-14-8-7-13-23(24)19-30-27-22-15-17-29(18-16-22)26(27)25(20-9-3-1-4-10-20)21-11-5-2-6-12-21;3-1(4)2(5)6/h1-14,22,25-27H,15-19H2;(H,3,4)(H,5,6). The summed E-state index contributed by atoms with van der Waals surface area (Å²) in [6.07, 6.45) is 2.65. The van der Waals surface area contributed by atoms with E-state index in [1.165, 1.54) is 24.0 Å². The van der Waals surface area contributed by atoms with Gasteiger partial charge in [0, 0.05) is 17.0 Å². The molecule has 3 aromatic carbocycles. The summed E-state index contributed by atoms with van der Waals surface area (Å²) in [6.45, 7) is 2.90. The van der Waals surface area contributed by atoms with E-state index in [0.29, 0.717) is 24.5 Å². The van der Waals surface area contributed by atoms with Gasteiger partial charge in [0.25, 0.3) is 0 Å². The maximum atomic E-state index is 9.10. The number of hydrogen-bond donors (Lipinski definition) is 2. The van der Waals surface area contributed by atoms with Crippen LogP contribution in [0.25, 0.3) is 0 Å². The zero-order chi connectivity index (χ0) is 25.5. The zero-order valence-corrected chi connectivity index (χ0v) is 20.6. The molecule has 0 spiro atoms. The van der Waals surface area contributed by atoms with Crippen LogP contribution in [0.4, 0.5) is 0 Å². The average molecular weight is 508 g/mol. The molecule has 2 atom stereocenters. The first-order chi connectivity index (χ1) is 17.5. The van der Waals surface area contributed by atoms with Crippen LogP contribution in [0.15, 0.2) is 84.9 Å². The normalized spacial score (nSPS) is 22.5. The lowest BCUT2D eigenvalue weighted by molar-refractivity contribution is -0.159.